The second-order valence-corrected chi connectivity index (χ2v) is 7.55. The Hall–Kier alpha value is -3.35. The Morgan fingerprint density at radius 2 is 1.59 bits per heavy atom. The highest BCUT2D eigenvalue weighted by molar-refractivity contribution is 5.76. The van der Waals surface area contributed by atoms with Gasteiger partial charge in [0, 0.05) is 18.2 Å². The van der Waals surface area contributed by atoms with Gasteiger partial charge < -0.3 is 18.9 Å². The first-order valence-electron chi connectivity index (χ1n) is 10.5. The van der Waals surface area contributed by atoms with E-state index in [1.165, 1.54) is 7.11 Å². The van der Waals surface area contributed by atoms with Crippen LogP contribution in [0, 0.1) is 0 Å². The van der Waals surface area contributed by atoms with Gasteiger partial charge in [0.2, 0.25) is 0 Å². The topological polar surface area (TPSA) is 57.2 Å². The second kappa shape index (κ2) is 9.85. The fourth-order valence-electron chi connectivity index (χ4n) is 4.18. The lowest BCUT2D eigenvalue weighted by Gasteiger charge is -2.30. The molecule has 1 aliphatic heterocycles. The smallest absolute Gasteiger partial charge is 0.337 e. The molecule has 166 valence electrons. The molecule has 0 N–H and O–H groups in total. The Bertz CT molecular complexity index is 1040. The zero-order valence-electron chi connectivity index (χ0n) is 18.4. The number of esters is 1. The van der Waals surface area contributed by atoms with E-state index < -0.39 is 18.3 Å². The molecular formula is C26H27NO5. The summed E-state index contributed by atoms with van der Waals surface area (Å²) < 4.78 is 22.5. The molecule has 0 aromatic heterocycles. The number of ether oxygens (including phenoxy) is 4. The maximum absolute atomic E-state index is 12.8. The van der Waals surface area contributed by atoms with Crippen molar-refractivity contribution in [1.29, 1.82) is 0 Å². The highest BCUT2D eigenvalue weighted by atomic mass is 16.6. The molecule has 0 saturated carbocycles. The molecular weight excluding hydrogens is 406 g/mol. The van der Waals surface area contributed by atoms with Crippen LogP contribution < -0.4 is 9.47 Å². The first-order chi connectivity index (χ1) is 15.7. The van der Waals surface area contributed by atoms with Gasteiger partial charge in [0.05, 0.1) is 27.4 Å². The molecule has 32 heavy (non-hydrogen) atoms. The summed E-state index contributed by atoms with van der Waals surface area (Å²) in [5.74, 6) is 0.902. The lowest BCUT2D eigenvalue weighted by Crippen LogP contribution is -2.33. The van der Waals surface area contributed by atoms with Crippen molar-refractivity contribution in [3.8, 4) is 11.5 Å². The van der Waals surface area contributed by atoms with E-state index in [1.54, 1.807) is 14.2 Å². The van der Waals surface area contributed by atoms with E-state index in [9.17, 15) is 4.79 Å². The van der Waals surface area contributed by atoms with Crippen molar-refractivity contribution in [2.75, 3.05) is 21.3 Å². The van der Waals surface area contributed by atoms with E-state index in [2.05, 4.69) is 17.0 Å². The molecule has 0 spiro atoms. The summed E-state index contributed by atoms with van der Waals surface area (Å²) in [5.41, 5.74) is 2.91. The van der Waals surface area contributed by atoms with Gasteiger partial charge in [-0.15, -0.1) is 0 Å². The summed E-state index contributed by atoms with van der Waals surface area (Å²) in [4.78, 5) is 15.0. The minimum Gasteiger partial charge on any atom is -0.497 e. The van der Waals surface area contributed by atoms with Crippen LogP contribution in [0.2, 0.25) is 0 Å². The third kappa shape index (κ3) is 4.33. The van der Waals surface area contributed by atoms with Crippen molar-refractivity contribution in [2.45, 2.75) is 24.9 Å². The minimum absolute atomic E-state index is 0.333. The highest BCUT2D eigenvalue weighted by Crippen LogP contribution is 2.47. The van der Waals surface area contributed by atoms with Crippen LogP contribution in [-0.4, -0.2) is 38.3 Å². The van der Waals surface area contributed by atoms with Gasteiger partial charge in [-0.05, 0) is 23.3 Å². The Morgan fingerprint density at radius 3 is 2.22 bits per heavy atom. The standard InChI is InChI=1S/C26H27NO5/c1-29-20-14-15-21(22(16-20)30-2)25-27(17-18-10-6-4-7-11-18)23(19-12-8-5-9-13-19)24(32-25)26(28)31-3/h4-16,23-25H,17H2,1-3H3/t23-,24+,25?/m0/s1. The molecule has 0 aliphatic carbocycles. The summed E-state index contributed by atoms with van der Waals surface area (Å²) in [6, 6.07) is 25.3. The Labute approximate surface area is 188 Å². The number of methoxy groups -OCH3 is 3. The summed E-state index contributed by atoms with van der Waals surface area (Å²) in [5, 5.41) is 0. The molecule has 1 saturated heterocycles. The summed E-state index contributed by atoms with van der Waals surface area (Å²) in [6.45, 7) is 0.577. The Balaban J connectivity index is 1.83. The third-order valence-electron chi connectivity index (χ3n) is 5.71. The van der Waals surface area contributed by atoms with Crippen LogP contribution in [0.5, 0.6) is 11.5 Å². The molecule has 6 heteroatoms. The van der Waals surface area contributed by atoms with E-state index in [0.717, 1.165) is 16.7 Å². The van der Waals surface area contributed by atoms with E-state index in [1.807, 2.05) is 66.7 Å². The minimum atomic E-state index is -0.789. The van der Waals surface area contributed by atoms with Gasteiger partial charge >= 0.3 is 5.97 Å². The van der Waals surface area contributed by atoms with Crippen molar-refractivity contribution >= 4 is 5.97 Å². The molecule has 1 fully saturated rings. The molecule has 0 bridgehead atoms. The van der Waals surface area contributed by atoms with Gasteiger partial charge in [-0.1, -0.05) is 60.7 Å². The number of carbonyl (C=O) groups is 1. The van der Waals surface area contributed by atoms with E-state index in [-0.39, 0.29) is 6.04 Å². The maximum Gasteiger partial charge on any atom is 0.337 e. The van der Waals surface area contributed by atoms with E-state index >= 15 is 0 Å². The average Bonchev–Trinajstić information content (AvgIpc) is 3.23. The lowest BCUT2D eigenvalue weighted by atomic mass is 9.99. The Kier molecular flexibility index (Phi) is 6.73. The maximum atomic E-state index is 12.8. The second-order valence-electron chi connectivity index (χ2n) is 7.55. The SMILES string of the molecule is COC(=O)[C@@H]1OC(c2ccc(OC)cc2OC)N(Cc2ccccc2)[C@H]1c1ccccc1. The van der Waals surface area contributed by atoms with Crippen LogP contribution >= 0.6 is 0 Å². The zero-order valence-corrected chi connectivity index (χ0v) is 18.4. The zero-order chi connectivity index (χ0) is 22.5. The summed E-state index contributed by atoms with van der Waals surface area (Å²) in [6.07, 6.45) is -1.31. The van der Waals surface area contributed by atoms with Gasteiger partial charge in [-0.25, -0.2) is 4.79 Å². The number of hydrogen-bond donors (Lipinski definition) is 0. The number of rotatable bonds is 7. The van der Waals surface area contributed by atoms with E-state index in [0.29, 0.717) is 18.0 Å². The summed E-state index contributed by atoms with van der Waals surface area (Å²) in [7, 11) is 4.61. The van der Waals surface area contributed by atoms with Crippen LogP contribution in [0.1, 0.15) is 29.0 Å². The molecule has 0 radical (unpaired) electrons. The fraction of sp³-hybridized carbons (Fsp3) is 0.269. The third-order valence-corrected chi connectivity index (χ3v) is 5.71. The van der Waals surface area contributed by atoms with Gasteiger partial charge in [0.1, 0.15) is 17.7 Å². The molecule has 3 aromatic carbocycles. The molecule has 3 aromatic rings. The van der Waals surface area contributed by atoms with Gasteiger partial charge in [-0.3, -0.25) is 4.90 Å². The normalized spacial score (nSPS) is 20.7. The van der Waals surface area contributed by atoms with Crippen LogP contribution in [0.3, 0.4) is 0 Å². The van der Waals surface area contributed by atoms with Crippen molar-refractivity contribution in [3.05, 3.63) is 95.6 Å². The van der Waals surface area contributed by atoms with Gasteiger partial charge in [0.15, 0.2) is 6.10 Å². The van der Waals surface area contributed by atoms with Crippen molar-refractivity contribution < 1.29 is 23.7 Å². The predicted octanol–water partition coefficient (Wildman–Crippen LogP) is 4.52. The number of nitrogens with zero attached hydrogens (tertiary/aromatic N) is 1. The quantitative estimate of drug-likeness (QED) is 0.511. The van der Waals surface area contributed by atoms with E-state index in [4.69, 9.17) is 18.9 Å². The van der Waals surface area contributed by atoms with Crippen molar-refractivity contribution in [2.24, 2.45) is 0 Å². The molecule has 0 amide bonds. The highest BCUT2D eigenvalue weighted by Gasteiger charge is 2.48. The molecule has 1 aliphatic rings. The Morgan fingerprint density at radius 1 is 0.906 bits per heavy atom. The monoisotopic (exact) mass is 433 g/mol. The fourth-order valence-corrected chi connectivity index (χ4v) is 4.18. The number of benzene rings is 3. The van der Waals surface area contributed by atoms with Gasteiger partial charge in [-0.2, -0.15) is 0 Å². The summed E-state index contributed by atoms with van der Waals surface area (Å²) >= 11 is 0. The number of hydrogen-bond acceptors (Lipinski definition) is 6. The molecule has 6 nitrogen and oxygen atoms in total. The van der Waals surface area contributed by atoms with Crippen LogP contribution in [0.15, 0.2) is 78.9 Å². The molecule has 4 rings (SSSR count). The van der Waals surface area contributed by atoms with Gasteiger partial charge in [0.25, 0.3) is 0 Å². The molecule has 1 heterocycles. The average molecular weight is 434 g/mol. The largest absolute Gasteiger partial charge is 0.497 e. The first kappa shape index (κ1) is 21.9. The number of carbonyl (C=O) groups excluding carboxylic acids is 1. The lowest BCUT2D eigenvalue weighted by molar-refractivity contribution is -0.154. The van der Waals surface area contributed by atoms with Crippen molar-refractivity contribution in [3.63, 3.8) is 0 Å². The first-order valence-corrected chi connectivity index (χ1v) is 10.5. The van der Waals surface area contributed by atoms with Crippen LogP contribution in [0.25, 0.3) is 0 Å². The van der Waals surface area contributed by atoms with Crippen LogP contribution in [0.4, 0.5) is 0 Å². The van der Waals surface area contributed by atoms with Crippen molar-refractivity contribution in [1.82, 2.24) is 4.90 Å². The predicted molar refractivity (Wildman–Crippen MR) is 120 cm³/mol. The molecule has 3 atom stereocenters. The molecule has 1 unspecified atom stereocenters. The van der Waals surface area contributed by atoms with Crippen LogP contribution in [-0.2, 0) is 20.8 Å².